The van der Waals surface area contributed by atoms with Crippen molar-refractivity contribution in [3.63, 3.8) is 0 Å². The molecule has 5 heteroatoms. The van der Waals surface area contributed by atoms with Crippen LogP contribution in [0, 0.1) is 11.8 Å². The van der Waals surface area contributed by atoms with E-state index in [1.165, 1.54) is 0 Å². The molecule has 0 heterocycles. The first-order chi connectivity index (χ1) is 11.0. The number of aliphatic hydroxyl groups excluding tert-OH is 3. The summed E-state index contributed by atoms with van der Waals surface area (Å²) in [6, 6.07) is 0. The lowest BCUT2D eigenvalue weighted by molar-refractivity contribution is -0.137. The molecule has 5 atom stereocenters. The lowest BCUT2D eigenvalue weighted by atomic mass is 9.90. The Labute approximate surface area is 139 Å². The van der Waals surface area contributed by atoms with Crippen molar-refractivity contribution in [3.05, 3.63) is 12.2 Å². The fourth-order valence-corrected chi connectivity index (χ4v) is 3.45. The van der Waals surface area contributed by atoms with Crippen LogP contribution < -0.4 is 0 Å². The molecular weight excluding hydrogens is 296 g/mol. The van der Waals surface area contributed by atoms with Crippen molar-refractivity contribution in [1.29, 1.82) is 0 Å². The molecule has 4 N–H and O–H groups in total. The molecule has 0 aromatic carbocycles. The van der Waals surface area contributed by atoms with Crippen molar-refractivity contribution < 1.29 is 25.2 Å². The molecule has 0 saturated heterocycles. The molecule has 0 bridgehead atoms. The molecule has 0 radical (unpaired) electrons. The summed E-state index contributed by atoms with van der Waals surface area (Å²) in [5, 5.41) is 38.4. The van der Waals surface area contributed by atoms with Gasteiger partial charge in [-0.1, -0.05) is 51.2 Å². The third-order valence-corrected chi connectivity index (χ3v) is 4.83. The summed E-state index contributed by atoms with van der Waals surface area (Å²) in [6.07, 6.45) is 8.81. The molecule has 0 unspecified atom stereocenters. The number of aliphatic carboxylic acids is 1. The van der Waals surface area contributed by atoms with Crippen molar-refractivity contribution in [2.45, 2.75) is 83.0 Å². The van der Waals surface area contributed by atoms with Crippen LogP contribution in [0.15, 0.2) is 12.2 Å². The smallest absolute Gasteiger partial charge is 0.303 e. The van der Waals surface area contributed by atoms with Crippen LogP contribution in [0.5, 0.6) is 0 Å². The Bertz CT molecular complexity index is 368. The van der Waals surface area contributed by atoms with E-state index in [2.05, 4.69) is 0 Å². The Morgan fingerprint density at radius 1 is 1.13 bits per heavy atom. The van der Waals surface area contributed by atoms with Crippen LogP contribution in [-0.4, -0.2) is 44.7 Å². The van der Waals surface area contributed by atoms with Gasteiger partial charge in [0.25, 0.3) is 0 Å². The monoisotopic (exact) mass is 328 g/mol. The highest BCUT2D eigenvalue weighted by molar-refractivity contribution is 5.66. The van der Waals surface area contributed by atoms with E-state index in [0.29, 0.717) is 12.8 Å². The second kappa shape index (κ2) is 10.8. The molecule has 1 aliphatic rings. The van der Waals surface area contributed by atoms with Crippen molar-refractivity contribution in [3.8, 4) is 0 Å². The molecule has 1 fully saturated rings. The van der Waals surface area contributed by atoms with Gasteiger partial charge in [-0.25, -0.2) is 0 Å². The Morgan fingerprint density at radius 2 is 1.78 bits per heavy atom. The second-order valence-electron chi connectivity index (χ2n) is 6.67. The average Bonchev–Trinajstić information content (AvgIpc) is 2.76. The van der Waals surface area contributed by atoms with Gasteiger partial charge >= 0.3 is 5.97 Å². The number of aliphatic hydroxyl groups is 3. The molecule has 0 spiro atoms. The van der Waals surface area contributed by atoms with Crippen LogP contribution >= 0.6 is 0 Å². The highest BCUT2D eigenvalue weighted by Crippen LogP contribution is 2.35. The quantitative estimate of drug-likeness (QED) is 0.345. The maximum Gasteiger partial charge on any atom is 0.303 e. The van der Waals surface area contributed by atoms with Crippen molar-refractivity contribution in [2.24, 2.45) is 11.8 Å². The van der Waals surface area contributed by atoms with Crippen molar-refractivity contribution in [1.82, 2.24) is 0 Å². The molecule has 23 heavy (non-hydrogen) atoms. The van der Waals surface area contributed by atoms with Crippen LogP contribution in [0.3, 0.4) is 0 Å². The summed E-state index contributed by atoms with van der Waals surface area (Å²) < 4.78 is 0. The Balaban J connectivity index is 2.18. The maximum absolute atomic E-state index is 10.4. The number of carbonyl (C=O) groups is 1. The maximum atomic E-state index is 10.4. The minimum absolute atomic E-state index is 0.0688. The molecule has 1 rings (SSSR count). The minimum Gasteiger partial charge on any atom is -0.481 e. The van der Waals surface area contributed by atoms with E-state index in [1.54, 1.807) is 6.08 Å². The van der Waals surface area contributed by atoms with Gasteiger partial charge in [-0.05, 0) is 18.8 Å². The number of carboxylic acid groups (broad SMARTS) is 1. The molecule has 134 valence electrons. The van der Waals surface area contributed by atoms with E-state index in [-0.39, 0.29) is 18.3 Å². The predicted molar refractivity (Wildman–Crippen MR) is 89.0 cm³/mol. The molecule has 1 saturated carbocycles. The standard InChI is InChI=1S/C18H32O5/c1-2-14-15(17(21)12-16(14)20)11-10-13(19)8-6-4-3-5-7-9-18(22)23/h10-11,13-17,19-21H,2-9,12H2,1H3,(H,22,23)/b11-10+/t13-,14+,15-,16+,17-/m1/s1. The van der Waals surface area contributed by atoms with Gasteiger partial charge in [0.1, 0.15) is 0 Å². The lowest BCUT2D eigenvalue weighted by Crippen LogP contribution is -2.20. The zero-order valence-corrected chi connectivity index (χ0v) is 14.1. The van der Waals surface area contributed by atoms with Crippen LogP contribution in [0.2, 0.25) is 0 Å². The predicted octanol–water partition coefficient (Wildman–Crippen LogP) is 2.49. The van der Waals surface area contributed by atoms with E-state index in [9.17, 15) is 20.1 Å². The Kier molecular flexibility index (Phi) is 9.44. The summed E-state index contributed by atoms with van der Waals surface area (Å²) in [5.74, 6) is -0.737. The molecule has 0 aromatic rings. The van der Waals surface area contributed by atoms with E-state index in [1.807, 2.05) is 13.0 Å². The van der Waals surface area contributed by atoms with Crippen LogP contribution in [0.4, 0.5) is 0 Å². The van der Waals surface area contributed by atoms with Gasteiger partial charge in [-0.2, -0.15) is 0 Å². The van der Waals surface area contributed by atoms with Gasteiger partial charge in [-0.3, -0.25) is 4.79 Å². The van der Waals surface area contributed by atoms with Crippen LogP contribution in [0.25, 0.3) is 0 Å². The molecule has 0 amide bonds. The fourth-order valence-electron chi connectivity index (χ4n) is 3.45. The highest BCUT2D eigenvalue weighted by Gasteiger charge is 2.38. The average molecular weight is 328 g/mol. The number of hydrogen-bond donors (Lipinski definition) is 4. The summed E-state index contributed by atoms with van der Waals surface area (Å²) in [5.41, 5.74) is 0. The number of unbranched alkanes of at least 4 members (excludes halogenated alkanes) is 4. The number of carboxylic acids is 1. The van der Waals surface area contributed by atoms with Gasteiger partial charge in [0.15, 0.2) is 0 Å². The van der Waals surface area contributed by atoms with Gasteiger partial charge in [-0.15, -0.1) is 0 Å². The van der Waals surface area contributed by atoms with Crippen LogP contribution in [-0.2, 0) is 4.79 Å². The zero-order valence-electron chi connectivity index (χ0n) is 14.1. The summed E-state index contributed by atoms with van der Waals surface area (Å²) in [6.45, 7) is 2.01. The number of hydrogen-bond acceptors (Lipinski definition) is 4. The van der Waals surface area contributed by atoms with Gasteiger partial charge in [0.2, 0.25) is 0 Å². The third kappa shape index (κ3) is 7.46. The van der Waals surface area contributed by atoms with E-state index < -0.39 is 24.3 Å². The first-order valence-electron chi connectivity index (χ1n) is 8.90. The van der Waals surface area contributed by atoms with Crippen molar-refractivity contribution in [2.75, 3.05) is 0 Å². The van der Waals surface area contributed by atoms with Gasteiger partial charge in [0, 0.05) is 18.8 Å². The summed E-state index contributed by atoms with van der Waals surface area (Å²) in [7, 11) is 0. The Hall–Kier alpha value is -0.910. The lowest BCUT2D eigenvalue weighted by Gasteiger charge is -2.19. The van der Waals surface area contributed by atoms with Crippen molar-refractivity contribution >= 4 is 5.97 Å². The first kappa shape index (κ1) is 20.1. The zero-order chi connectivity index (χ0) is 17.2. The second-order valence-corrected chi connectivity index (χ2v) is 6.67. The minimum atomic E-state index is -0.741. The highest BCUT2D eigenvalue weighted by atomic mass is 16.4. The van der Waals surface area contributed by atoms with Gasteiger partial charge in [0.05, 0.1) is 18.3 Å². The molecule has 1 aliphatic carbocycles. The van der Waals surface area contributed by atoms with Gasteiger partial charge < -0.3 is 20.4 Å². The normalized spacial score (nSPS) is 29.2. The van der Waals surface area contributed by atoms with E-state index in [0.717, 1.165) is 38.5 Å². The van der Waals surface area contributed by atoms with E-state index >= 15 is 0 Å². The summed E-state index contributed by atoms with van der Waals surface area (Å²) in [4.78, 5) is 10.4. The number of rotatable bonds is 11. The summed E-state index contributed by atoms with van der Waals surface area (Å²) >= 11 is 0. The topological polar surface area (TPSA) is 98.0 Å². The molecule has 0 aromatic heterocycles. The Morgan fingerprint density at radius 3 is 2.43 bits per heavy atom. The SMILES string of the molecule is CC[C@H]1[C@@H](/C=C/[C@H](O)CCCCCCCC(=O)O)[C@H](O)C[C@@H]1O. The molecule has 0 aliphatic heterocycles. The molecular formula is C18H32O5. The first-order valence-corrected chi connectivity index (χ1v) is 8.90. The van der Waals surface area contributed by atoms with E-state index in [4.69, 9.17) is 5.11 Å². The fraction of sp³-hybridized carbons (Fsp3) is 0.833. The largest absolute Gasteiger partial charge is 0.481 e. The molecule has 5 nitrogen and oxygen atoms in total. The van der Waals surface area contributed by atoms with Crippen LogP contribution in [0.1, 0.15) is 64.7 Å². The third-order valence-electron chi connectivity index (χ3n) is 4.83.